The fourth-order valence-electron chi connectivity index (χ4n) is 4.52. The van der Waals surface area contributed by atoms with Gasteiger partial charge in [0.1, 0.15) is 15.7 Å². The van der Waals surface area contributed by atoms with E-state index in [9.17, 15) is 17.6 Å². The standard InChI is InChI=1S/C26H29FN4O5S/c1-6-30-23-16(3)18(17-10-8-9-11-19(17)27)14-28-24(23)31(26(30)32)21(15-37(5,33)34)20-12-13-22(35-4)25(29-20)36-7-2/h8-14,21H,6-7,15H2,1-5H3/t21-/m0/s1. The van der Waals surface area contributed by atoms with Crippen molar-refractivity contribution >= 4 is 21.0 Å². The lowest BCUT2D eigenvalue weighted by atomic mass is 10.0. The van der Waals surface area contributed by atoms with Gasteiger partial charge in [-0.15, -0.1) is 0 Å². The Kier molecular flexibility index (Phi) is 7.35. The normalized spacial score (nSPS) is 12.6. The molecule has 1 atom stereocenters. The lowest BCUT2D eigenvalue weighted by Crippen LogP contribution is -2.32. The van der Waals surface area contributed by atoms with Gasteiger partial charge in [-0.3, -0.25) is 9.13 Å². The molecule has 0 bridgehead atoms. The molecule has 1 aromatic carbocycles. The molecule has 0 amide bonds. The second kappa shape index (κ2) is 10.3. The molecule has 11 heteroatoms. The number of pyridine rings is 2. The zero-order valence-electron chi connectivity index (χ0n) is 21.4. The molecule has 37 heavy (non-hydrogen) atoms. The first-order chi connectivity index (χ1) is 17.6. The van der Waals surface area contributed by atoms with Gasteiger partial charge < -0.3 is 9.47 Å². The first kappa shape index (κ1) is 26.3. The van der Waals surface area contributed by atoms with Gasteiger partial charge in [0.25, 0.3) is 5.88 Å². The van der Waals surface area contributed by atoms with Crippen molar-refractivity contribution in [3.8, 4) is 22.8 Å². The molecule has 0 aliphatic rings. The number of imidazole rings is 1. The quantitative estimate of drug-likeness (QED) is 0.326. The first-order valence-electron chi connectivity index (χ1n) is 11.8. The second-order valence-electron chi connectivity index (χ2n) is 8.63. The van der Waals surface area contributed by atoms with Crippen molar-refractivity contribution in [3.63, 3.8) is 0 Å². The Hall–Kier alpha value is -3.73. The third-order valence-corrected chi connectivity index (χ3v) is 7.09. The molecule has 4 rings (SSSR count). The molecular formula is C26H29FN4O5S. The van der Waals surface area contributed by atoms with Gasteiger partial charge in [-0.1, -0.05) is 18.2 Å². The van der Waals surface area contributed by atoms with E-state index in [1.54, 1.807) is 44.2 Å². The van der Waals surface area contributed by atoms with Crippen LogP contribution in [0.4, 0.5) is 4.39 Å². The van der Waals surface area contributed by atoms with Crippen molar-refractivity contribution in [1.29, 1.82) is 0 Å². The number of nitrogens with zero attached hydrogens (tertiary/aromatic N) is 4. The summed E-state index contributed by atoms with van der Waals surface area (Å²) in [4.78, 5) is 22.8. The Labute approximate surface area is 214 Å². The third kappa shape index (κ3) is 4.95. The van der Waals surface area contributed by atoms with Crippen LogP contribution < -0.4 is 15.2 Å². The number of benzene rings is 1. The second-order valence-corrected chi connectivity index (χ2v) is 10.8. The zero-order chi connectivity index (χ0) is 26.9. The van der Waals surface area contributed by atoms with E-state index >= 15 is 0 Å². The molecule has 0 aliphatic heterocycles. The predicted octanol–water partition coefficient (Wildman–Crippen LogP) is 3.77. The number of ether oxygens (including phenoxy) is 2. The van der Waals surface area contributed by atoms with Gasteiger partial charge in [-0.05, 0) is 44.5 Å². The maximum absolute atomic E-state index is 14.6. The summed E-state index contributed by atoms with van der Waals surface area (Å²) in [5.74, 6) is -0.219. The highest BCUT2D eigenvalue weighted by Gasteiger charge is 2.29. The van der Waals surface area contributed by atoms with E-state index in [4.69, 9.17) is 9.47 Å². The molecule has 0 radical (unpaired) electrons. The SMILES string of the molecule is CCOc1nc([C@H](CS(C)(=O)=O)n2c(=O)n(CC)c3c(C)c(-c4ccccc4F)cnc32)ccc1OC. The fourth-order valence-corrected chi connectivity index (χ4v) is 5.42. The van der Waals surface area contributed by atoms with Crippen LogP contribution in [0.15, 0.2) is 47.4 Å². The van der Waals surface area contributed by atoms with Gasteiger partial charge in [-0.2, -0.15) is 0 Å². The van der Waals surface area contributed by atoms with Crippen molar-refractivity contribution in [2.45, 2.75) is 33.4 Å². The maximum Gasteiger partial charge on any atom is 0.330 e. The Morgan fingerprint density at radius 3 is 2.46 bits per heavy atom. The number of aryl methyl sites for hydroxylation is 2. The minimum absolute atomic E-state index is 0.194. The highest BCUT2D eigenvalue weighted by molar-refractivity contribution is 7.90. The van der Waals surface area contributed by atoms with Crippen LogP contribution in [0.1, 0.15) is 31.1 Å². The van der Waals surface area contributed by atoms with Gasteiger partial charge in [-0.25, -0.2) is 27.6 Å². The molecule has 0 spiro atoms. The smallest absolute Gasteiger partial charge is 0.330 e. The molecule has 0 fully saturated rings. The summed E-state index contributed by atoms with van der Waals surface area (Å²) in [6.45, 7) is 6.02. The Morgan fingerprint density at radius 1 is 1.11 bits per heavy atom. The summed E-state index contributed by atoms with van der Waals surface area (Å²) in [5.41, 5.74) is 2.23. The van der Waals surface area contributed by atoms with Crippen molar-refractivity contribution in [2.24, 2.45) is 0 Å². The Morgan fingerprint density at radius 2 is 1.84 bits per heavy atom. The lowest BCUT2D eigenvalue weighted by Gasteiger charge is -2.19. The molecule has 0 unspecified atom stereocenters. The minimum Gasteiger partial charge on any atom is -0.491 e. The lowest BCUT2D eigenvalue weighted by molar-refractivity contribution is 0.296. The van der Waals surface area contributed by atoms with Gasteiger partial charge >= 0.3 is 5.69 Å². The van der Waals surface area contributed by atoms with Crippen LogP contribution in [-0.4, -0.2) is 53.2 Å². The number of sulfone groups is 1. The van der Waals surface area contributed by atoms with E-state index in [-0.39, 0.29) is 11.5 Å². The molecule has 0 saturated heterocycles. The monoisotopic (exact) mass is 528 g/mol. The molecule has 3 heterocycles. The van der Waals surface area contributed by atoms with Crippen LogP contribution in [0, 0.1) is 12.7 Å². The molecule has 9 nitrogen and oxygen atoms in total. The van der Waals surface area contributed by atoms with Crippen LogP contribution in [-0.2, 0) is 16.4 Å². The number of hydrogen-bond acceptors (Lipinski definition) is 7. The molecule has 0 N–H and O–H groups in total. The summed E-state index contributed by atoms with van der Waals surface area (Å²) in [5, 5.41) is 0. The Bertz CT molecular complexity index is 1630. The molecule has 196 valence electrons. The van der Waals surface area contributed by atoms with Crippen molar-refractivity contribution in [2.75, 3.05) is 25.7 Å². The largest absolute Gasteiger partial charge is 0.491 e. The van der Waals surface area contributed by atoms with E-state index in [2.05, 4.69) is 9.97 Å². The summed E-state index contributed by atoms with van der Waals surface area (Å²) < 4.78 is 53.4. The summed E-state index contributed by atoms with van der Waals surface area (Å²) in [7, 11) is -2.09. The number of rotatable bonds is 9. The van der Waals surface area contributed by atoms with E-state index in [0.717, 1.165) is 6.26 Å². The molecule has 0 saturated carbocycles. The van der Waals surface area contributed by atoms with Gasteiger partial charge in [0, 0.05) is 30.1 Å². The van der Waals surface area contributed by atoms with E-state index in [0.29, 0.717) is 46.8 Å². The number of fused-ring (bicyclic) bond motifs is 1. The van der Waals surface area contributed by atoms with Crippen molar-refractivity contribution in [1.82, 2.24) is 19.1 Å². The topological polar surface area (TPSA) is 105 Å². The van der Waals surface area contributed by atoms with Crippen LogP contribution in [0.3, 0.4) is 0 Å². The maximum atomic E-state index is 14.6. The van der Waals surface area contributed by atoms with Crippen molar-refractivity contribution < 1.29 is 22.3 Å². The van der Waals surface area contributed by atoms with E-state index in [1.807, 2.05) is 6.92 Å². The van der Waals surface area contributed by atoms with Crippen molar-refractivity contribution in [3.05, 3.63) is 70.2 Å². The average Bonchev–Trinajstić information content (AvgIpc) is 3.14. The molecule has 4 aromatic rings. The summed E-state index contributed by atoms with van der Waals surface area (Å²) in [6, 6.07) is 8.60. The first-order valence-corrected chi connectivity index (χ1v) is 13.9. The minimum atomic E-state index is -3.57. The van der Waals surface area contributed by atoms with Gasteiger partial charge in [0.05, 0.1) is 36.7 Å². The fraction of sp³-hybridized carbons (Fsp3) is 0.346. The highest BCUT2D eigenvalue weighted by Crippen LogP contribution is 2.33. The zero-order valence-corrected chi connectivity index (χ0v) is 22.2. The number of aromatic nitrogens is 4. The predicted molar refractivity (Wildman–Crippen MR) is 140 cm³/mol. The molecular weight excluding hydrogens is 499 g/mol. The molecule has 0 aliphatic carbocycles. The van der Waals surface area contributed by atoms with E-state index < -0.39 is 33.1 Å². The van der Waals surface area contributed by atoms with E-state index in [1.165, 1.54) is 28.5 Å². The number of halogens is 1. The summed E-state index contributed by atoms with van der Waals surface area (Å²) in [6.07, 6.45) is 2.61. The Balaban J connectivity index is 2.02. The summed E-state index contributed by atoms with van der Waals surface area (Å²) >= 11 is 0. The third-order valence-electron chi connectivity index (χ3n) is 6.16. The van der Waals surface area contributed by atoms with Gasteiger partial charge in [0.2, 0.25) is 0 Å². The van der Waals surface area contributed by atoms with Crippen LogP contribution in [0.5, 0.6) is 11.6 Å². The number of methoxy groups -OCH3 is 1. The van der Waals surface area contributed by atoms with Crippen LogP contribution >= 0.6 is 0 Å². The van der Waals surface area contributed by atoms with Gasteiger partial charge in [0.15, 0.2) is 11.4 Å². The molecule has 3 aromatic heterocycles. The van der Waals surface area contributed by atoms with Crippen LogP contribution in [0.2, 0.25) is 0 Å². The number of hydrogen-bond donors (Lipinski definition) is 0. The van der Waals surface area contributed by atoms with Crippen LogP contribution in [0.25, 0.3) is 22.3 Å². The average molecular weight is 529 g/mol. The highest BCUT2D eigenvalue weighted by atomic mass is 32.2.